The van der Waals surface area contributed by atoms with E-state index in [9.17, 15) is 9.59 Å². The number of carbonyl (C=O) groups excluding carboxylic acids is 2. The standard InChI is InChI=1S/C27H31N5O4S/c1-16-14-19(36-18-8-12-35-13-9-18)5-6-20(16)32-21-7-10-28-26-22(21)23(30-27(32)34)24(37-26)25(33)29-17-4-3-11-31(2)15-17/h5-7,10,14,17-18H,3-4,8-9,11-13,15H2,1-2H3,(H,29,33)(H,30,34). The van der Waals surface area contributed by atoms with Gasteiger partial charge in [-0.3, -0.25) is 9.69 Å². The third-order valence-corrected chi connectivity index (χ3v) is 8.39. The second-order valence-electron chi connectivity index (χ2n) is 10.0. The lowest BCUT2D eigenvalue weighted by atomic mass is 10.1. The molecular formula is C27H31N5O4S. The largest absolute Gasteiger partial charge is 0.490 e. The quantitative estimate of drug-likeness (QED) is 0.507. The molecule has 2 aromatic heterocycles. The van der Waals surface area contributed by atoms with Crippen LogP contribution in [0.3, 0.4) is 0 Å². The third-order valence-electron chi connectivity index (χ3n) is 7.29. The number of urea groups is 1. The van der Waals surface area contributed by atoms with Crippen molar-refractivity contribution in [3.8, 4) is 5.75 Å². The zero-order chi connectivity index (χ0) is 25.5. The first kappa shape index (κ1) is 24.1. The number of benzene rings is 1. The summed E-state index contributed by atoms with van der Waals surface area (Å²) < 4.78 is 11.6. The highest BCUT2D eigenvalue weighted by Crippen LogP contribution is 2.46. The SMILES string of the molecule is Cc1cc(OC2CCOCC2)ccc1N1C(=O)Nc2c(C(=O)NC3CCCN(C)C3)sc3nccc1c23. The van der Waals surface area contributed by atoms with Crippen molar-refractivity contribution in [3.05, 3.63) is 40.9 Å². The molecule has 0 aliphatic carbocycles. The molecule has 2 saturated heterocycles. The number of anilines is 3. The summed E-state index contributed by atoms with van der Waals surface area (Å²) in [5.41, 5.74) is 2.95. The summed E-state index contributed by atoms with van der Waals surface area (Å²) >= 11 is 1.32. The lowest BCUT2D eigenvalue weighted by Gasteiger charge is -2.31. The Morgan fingerprint density at radius 1 is 1.22 bits per heavy atom. The monoisotopic (exact) mass is 521 g/mol. The summed E-state index contributed by atoms with van der Waals surface area (Å²) in [6.07, 6.45) is 5.59. The van der Waals surface area contributed by atoms with E-state index >= 15 is 0 Å². The number of rotatable bonds is 5. The molecule has 3 aliphatic heterocycles. The summed E-state index contributed by atoms with van der Waals surface area (Å²) in [4.78, 5) is 36.4. The number of aromatic nitrogens is 1. The first-order valence-corrected chi connectivity index (χ1v) is 13.7. The number of thiophene rings is 1. The molecule has 1 atom stereocenters. The van der Waals surface area contributed by atoms with Gasteiger partial charge in [0.2, 0.25) is 0 Å². The lowest BCUT2D eigenvalue weighted by molar-refractivity contribution is 0.0255. The minimum atomic E-state index is -0.300. The van der Waals surface area contributed by atoms with Crippen molar-refractivity contribution in [2.24, 2.45) is 0 Å². The van der Waals surface area contributed by atoms with Crippen LogP contribution < -0.4 is 20.3 Å². The van der Waals surface area contributed by atoms with Crippen molar-refractivity contribution < 1.29 is 19.1 Å². The summed E-state index contributed by atoms with van der Waals surface area (Å²) in [7, 11) is 2.07. The number of nitrogens with one attached hydrogen (secondary N) is 2. The highest BCUT2D eigenvalue weighted by Gasteiger charge is 2.34. The number of amides is 3. The van der Waals surface area contributed by atoms with Crippen molar-refractivity contribution >= 4 is 50.6 Å². The molecule has 3 amide bonds. The fraction of sp³-hybridized carbons (Fsp3) is 0.444. The molecule has 1 aromatic carbocycles. The Morgan fingerprint density at radius 3 is 2.84 bits per heavy atom. The zero-order valence-corrected chi connectivity index (χ0v) is 21.9. The Bertz CT molecular complexity index is 1350. The van der Waals surface area contributed by atoms with Crippen LogP contribution in [0.1, 0.15) is 40.9 Å². The van der Waals surface area contributed by atoms with Crippen LogP contribution >= 0.6 is 11.3 Å². The molecule has 9 nitrogen and oxygen atoms in total. The van der Waals surface area contributed by atoms with Gasteiger partial charge in [0.15, 0.2) is 0 Å². The number of ether oxygens (including phenoxy) is 2. The maximum atomic E-state index is 13.5. The molecule has 0 radical (unpaired) electrons. The Morgan fingerprint density at radius 2 is 2.05 bits per heavy atom. The Labute approximate surface area is 219 Å². The predicted molar refractivity (Wildman–Crippen MR) is 144 cm³/mol. The van der Waals surface area contributed by atoms with E-state index in [-0.39, 0.29) is 24.1 Å². The van der Waals surface area contributed by atoms with E-state index in [2.05, 4.69) is 27.6 Å². The van der Waals surface area contributed by atoms with Crippen molar-refractivity contribution in [1.82, 2.24) is 15.2 Å². The molecule has 0 spiro atoms. The van der Waals surface area contributed by atoms with Gasteiger partial charge in [-0.25, -0.2) is 9.78 Å². The molecule has 10 heteroatoms. The molecule has 5 heterocycles. The molecule has 37 heavy (non-hydrogen) atoms. The van der Waals surface area contributed by atoms with Crippen LogP contribution in [0.15, 0.2) is 30.5 Å². The molecular weight excluding hydrogens is 490 g/mol. The van der Waals surface area contributed by atoms with Crippen molar-refractivity contribution in [2.45, 2.75) is 44.8 Å². The maximum absolute atomic E-state index is 13.5. The number of aryl methyl sites for hydroxylation is 1. The van der Waals surface area contributed by atoms with Gasteiger partial charge in [-0.2, -0.15) is 0 Å². The minimum absolute atomic E-state index is 0.0939. The average molecular weight is 522 g/mol. The molecule has 194 valence electrons. The Kier molecular flexibility index (Phi) is 6.48. The third kappa shape index (κ3) is 4.65. The minimum Gasteiger partial charge on any atom is -0.490 e. The topological polar surface area (TPSA) is 96.0 Å². The van der Waals surface area contributed by atoms with Gasteiger partial charge in [-0.05, 0) is 63.2 Å². The van der Waals surface area contributed by atoms with E-state index in [1.807, 2.05) is 31.2 Å². The van der Waals surface area contributed by atoms with E-state index in [0.29, 0.717) is 23.8 Å². The smallest absolute Gasteiger partial charge is 0.331 e. The van der Waals surface area contributed by atoms with Crippen LogP contribution in [-0.4, -0.2) is 67.3 Å². The average Bonchev–Trinajstić information content (AvgIpc) is 3.25. The van der Waals surface area contributed by atoms with Gasteiger partial charge in [0.05, 0.1) is 35.7 Å². The summed E-state index contributed by atoms with van der Waals surface area (Å²) in [5.74, 6) is 0.623. The normalized spacial score (nSPS) is 20.6. The van der Waals surface area contributed by atoms with E-state index in [4.69, 9.17) is 9.47 Å². The van der Waals surface area contributed by atoms with Gasteiger partial charge in [0, 0.05) is 31.6 Å². The Hall–Kier alpha value is -3.21. The van der Waals surface area contributed by atoms with Gasteiger partial charge in [0.25, 0.3) is 5.91 Å². The van der Waals surface area contributed by atoms with Crippen LogP contribution in [0.5, 0.6) is 5.75 Å². The first-order valence-electron chi connectivity index (χ1n) is 12.8. The van der Waals surface area contributed by atoms with Crippen molar-refractivity contribution in [1.29, 1.82) is 0 Å². The summed E-state index contributed by atoms with van der Waals surface area (Å²) in [6, 6.07) is 7.43. The molecule has 3 aromatic rings. The number of piperidine rings is 1. The highest BCUT2D eigenvalue weighted by molar-refractivity contribution is 7.21. The van der Waals surface area contributed by atoms with Crippen molar-refractivity contribution in [3.63, 3.8) is 0 Å². The number of nitrogens with zero attached hydrogens (tertiary/aromatic N) is 3. The van der Waals surface area contributed by atoms with Crippen LogP contribution in [0.4, 0.5) is 21.9 Å². The van der Waals surface area contributed by atoms with Gasteiger partial charge < -0.3 is 25.0 Å². The fourth-order valence-corrected chi connectivity index (χ4v) is 6.48. The summed E-state index contributed by atoms with van der Waals surface area (Å²) in [5, 5.41) is 6.96. The number of hydrogen-bond acceptors (Lipinski definition) is 7. The molecule has 1 unspecified atom stereocenters. The molecule has 3 aliphatic rings. The van der Waals surface area contributed by atoms with Crippen LogP contribution in [0.2, 0.25) is 0 Å². The number of likely N-dealkylation sites (tertiary alicyclic amines) is 1. The number of carbonyl (C=O) groups is 2. The first-order chi connectivity index (χ1) is 18.0. The Balaban J connectivity index is 1.30. The van der Waals surface area contributed by atoms with E-state index in [0.717, 1.165) is 71.7 Å². The fourth-order valence-electron chi connectivity index (χ4n) is 5.46. The molecule has 2 N–H and O–H groups in total. The van der Waals surface area contributed by atoms with Crippen molar-refractivity contribution in [2.75, 3.05) is 43.6 Å². The molecule has 6 rings (SSSR count). The molecule has 0 saturated carbocycles. The van der Waals surface area contributed by atoms with Crippen LogP contribution in [0.25, 0.3) is 10.2 Å². The molecule has 0 bridgehead atoms. The van der Waals surface area contributed by atoms with Gasteiger partial charge in [-0.15, -0.1) is 11.3 Å². The van der Waals surface area contributed by atoms with Gasteiger partial charge in [-0.1, -0.05) is 0 Å². The molecule has 2 fully saturated rings. The number of likely N-dealkylation sites (N-methyl/N-ethyl adjacent to an activating group) is 1. The number of hydrogen-bond donors (Lipinski definition) is 2. The van der Waals surface area contributed by atoms with Crippen LogP contribution in [-0.2, 0) is 4.74 Å². The van der Waals surface area contributed by atoms with Gasteiger partial charge in [0.1, 0.15) is 21.6 Å². The lowest BCUT2D eigenvalue weighted by Crippen LogP contribution is -2.46. The summed E-state index contributed by atoms with van der Waals surface area (Å²) in [6.45, 7) is 5.27. The second kappa shape index (κ2) is 9.92. The van der Waals surface area contributed by atoms with E-state index in [1.165, 1.54) is 11.3 Å². The van der Waals surface area contributed by atoms with E-state index < -0.39 is 0 Å². The zero-order valence-electron chi connectivity index (χ0n) is 21.1. The second-order valence-corrected chi connectivity index (χ2v) is 11.0. The van der Waals surface area contributed by atoms with Gasteiger partial charge >= 0.3 is 6.03 Å². The maximum Gasteiger partial charge on any atom is 0.331 e. The highest BCUT2D eigenvalue weighted by atomic mass is 32.1. The van der Waals surface area contributed by atoms with Crippen LogP contribution in [0, 0.1) is 6.92 Å². The van der Waals surface area contributed by atoms with E-state index in [1.54, 1.807) is 11.1 Å². The number of pyridine rings is 1. The predicted octanol–water partition coefficient (Wildman–Crippen LogP) is 4.67.